The molecule has 0 atom stereocenters. The first-order valence-electron chi connectivity index (χ1n) is 7.05. The molecule has 0 unspecified atom stereocenters. The molecule has 1 heterocycles. The number of carbonyl (C=O) groups excluding carboxylic acids is 1. The second kappa shape index (κ2) is 8.60. The zero-order valence-electron chi connectivity index (χ0n) is 12.5. The Morgan fingerprint density at radius 2 is 2.14 bits per heavy atom. The number of carbonyl (C=O) groups is 1. The maximum absolute atomic E-state index is 12.3. The highest BCUT2D eigenvalue weighted by atomic mass is 35.5. The van der Waals surface area contributed by atoms with E-state index in [1.807, 2.05) is 38.1 Å². The Hall–Kier alpha value is -1.65. The number of benzene rings is 1. The molecule has 114 valence electrons. The number of nitrogens with zero attached hydrogens (tertiary/aromatic N) is 1. The number of amides is 1. The Balaban J connectivity index is 0.00000220. The van der Waals surface area contributed by atoms with E-state index in [2.05, 4.69) is 21.7 Å². The lowest BCUT2D eigenvalue weighted by Crippen LogP contribution is -2.31. The zero-order valence-corrected chi connectivity index (χ0v) is 13.3. The maximum atomic E-state index is 12.3. The number of hydrogen-bond donors (Lipinski definition) is 2. The average Bonchev–Trinajstić information content (AvgIpc) is 2.48. The Labute approximate surface area is 132 Å². The number of nitrogens with one attached hydrogen (secondary N) is 2. The van der Waals surface area contributed by atoms with Crippen LogP contribution in [0.2, 0.25) is 0 Å². The molecule has 0 radical (unpaired) electrons. The van der Waals surface area contributed by atoms with Gasteiger partial charge < -0.3 is 10.6 Å². The summed E-state index contributed by atoms with van der Waals surface area (Å²) in [4.78, 5) is 16.8. The molecular weight excluding hydrogens is 286 g/mol. The van der Waals surface area contributed by atoms with Gasteiger partial charge in [0.25, 0.3) is 5.91 Å². The summed E-state index contributed by atoms with van der Waals surface area (Å²) in [7, 11) is 0. The molecule has 5 heteroatoms. The number of aliphatic imine (C=N–C) groups is 1. The third kappa shape index (κ3) is 4.99. The van der Waals surface area contributed by atoms with Gasteiger partial charge in [-0.3, -0.25) is 4.79 Å². The van der Waals surface area contributed by atoms with Gasteiger partial charge in [-0.1, -0.05) is 25.1 Å². The van der Waals surface area contributed by atoms with Crippen LogP contribution in [0.4, 0.5) is 0 Å². The maximum Gasteiger partial charge on any atom is 0.256 e. The Morgan fingerprint density at radius 1 is 1.38 bits per heavy atom. The quantitative estimate of drug-likeness (QED) is 0.666. The van der Waals surface area contributed by atoms with E-state index < -0.39 is 0 Å². The summed E-state index contributed by atoms with van der Waals surface area (Å²) in [6.45, 7) is 5.73. The van der Waals surface area contributed by atoms with Crippen molar-refractivity contribution in [3.8, 4) is 0 Å². The van der Waals surface area contributed by atoms with E-state index >= 15 is 0 Å². The topological polar surface area (TPSA) is 53.5 Å². The molecule has 1 amide bonds. The van der Waals surface area contributed by atoms with Gasteiger partial charge in [0.05, 0.1) is 0 Å². The van der Waals surface area contributed by atoms with Gasteiger partial charge in [0.15, 0.2) is 0 Å². The molecule has 0 aliphatic carbocycles. The molecule has 21 heavy (non-hydrogen) atoms. The number of aryl methyl sites for hydroxylation is 1. The van der Waals surface area contributed by atoms with Crippen molar-refractivity contribution < 1.29 is 4.79 Å². The summed E-state index contributed by atoms with van der Waals surface area (Å²) in [6.07, 6.45) is 3.69. The number of amidine groups is 1. The van der Waals surface area contributed by atoms with Crippen molar-refractivity contribution in [2.45, 2.75) is 26.7 Å². The van der Waals surface area contributed by atoms with E-state index in [-0.39, 0.29) is 18.3 Å². The SMILES string of the molecule is CCC(=NC1=CCNCC1)NC(=O)c1ccccc1C.Cl. The van der Waals surface area contributed by atoms with Gasteiger partial charge in [-0.2, -0.15) is 0 Å². The van der Waals surface area contributed by atoms with Gasteiger partial charge in [0.1, 0.15) is 5.84 Å². The molecule has 0 saturated heterocycles. The number of rotatable bonds is 3. The monoisotopic (exact) mass is 307 g/mol. The van der Waals surface area contributed by atoms with Crippen molar-refractivity contribution in [3.63, 3.8) is 0 Å². The van der Waals surface area contributed by atoms with Crippen LogP contribution in [0.25, 0.3) is 0 Å². The summed E-state index contributed by atoms with van der Waals surface area (Å²) in [5.74, 6) is 0.643. The van der Waals surface area contributed by atoms with Crippen LogP contribution in [0.5, 0.6) is 0 Å². The Bertz CT molecular complexity index is 552. The highest BCUT2D eigenvalue weighted by Crippen LogP contribution is 2.09. The first kappa shape index (κ1) is 17.4. The standard InChI is InChI=1S/C16H21N3O.ClH/c1-3-15(18-13-8-10-17-11-9-13)19-16(20)14-7-5-4-6-12(14)2;/h4-8,17H,3,9-11H2,1-2H3,(H,18,19,20);1H. The lowest BCUT2D eigenvalue weighted by molar-refractivity contribution is 0.0976. The van der Waals surface area contributed by atoms with E-state index in [1.54, 1.807) is 0 Å². The van der Waals surface area contributed by atoms with Gasteiger partial charge in [0.2, 0.25) is 0 Å². The first-order valence-corrected chi connectivity index (χ1v) is 7.05. The third-order valence-corrected chi connectivity index (χ3v) is 3.30. The van der Waals surface area contributed by atoms with Gasteiger partial charge in [-0.25, -0.2) is 4.99 Å². The van der Waals surface area contributed by atoms with E-state index in [1.165, 1.54) is 0 Å². The van der Waals surface area contributed by atoms with E-state index in [0.717, 1.165) is 36.6 Å². The molecule has 4 nitrogen and oxygen atoms in total. The Morgan fingerprint density at radius 3 is 2.76 bits per heavy atom. The molecule has 1 aliphatic heterocycles. The molecule has 2 rings (SSSR count). The van der Waals surface area contributed by atoms with E-state index in [0.29, 0.717) is 12.0 Å². The van der Waals surface area contributed by atoms with Crippen LogP contribution in [0.15, 0.2) is 41.0 Å². The summed E-state index contributed by atoms with van der Waals surface area (Å²) in [5.41, 5.74) is 2.72. The van der Waals surface area contributed by atoms with Crippen molar-refractivity contribution in [1.82, 2.24) is 10.6 Å². The van der Waals surface area contributed by atoms with E-state index in [4.69, 9.17) is 0 Å². The largest absolute Gasteiger partial charge is 0.313 e. The highest BCUT2D eigenvalue weighted by molar-refractivity contribution is 6.07. The Kier molecular flexibility index (Phi) is 7.12. The highest BCUT2D eigenvalue weighted by Gasteiger charge is 2.11. The van der Waals surface area contributed by atoms with Crippen LogP contribution in [-0.2, 0) is 0 Å². The fourth-order valence-electron chi connectivity index (χ4n) is 2.11. The molecule has 0 saturated carbocycles. The number of hydrogen-bond acceptors (Lipinski definition) is 3. The van der Waals surface area contributed by atoms with Crippen LogP contribution in [-0.4, -0.2) is 24.8 Å². The van der Waals surface area contributed by atoms with Crippen molar-refractivity contribution in [2.75, 3.05) is 13.1 Å². The summed E-state index contributed by atoms with van der Waals surface area (Å²) < 4.78 is 0. The zero-order chi connectivity index (χ0) is 14.4. The minimum atomic E-state index is -0.0850. The molecule has 1 aliphatic rings. The second-order valence-electron chi connectivity index (χ2n) is 4.83. The fraction of sp³-hybridized carbons (Fsp3) is 0.375. The van der Waals surface area contributed by atoms with Crippen LogP contribution >= 0.6 is 12.4 Å². The molecule has 2 N–H and O–H groups in total. The van der Waals surface area contributed by atoms with Gasteiger partial charge in [-0.05, 0) is 24.6 Å². The minimum absolute atomic E-state index is 0. The van der Waals surface area contributed by atoms with Crippen molar-refractivity contribution in [1.29, 1.82) is 0 Å². The first-order chi connectivity index (χ1) is 9.70. The summed E-state index contributed by atoms with van der Waals surface area (Å²) >= 11 is 0. The predicted molar refractivity (Wildman–Crippen MR) is 89.2 cm³/mol. The molecule has 0 aromatic heterocycles. The van der Waals surface area contributed by atoms with Gasteiger partial charge >= 0.3 is 0 Å². The van der Waals surface area contributed by atoms with E-state index in [9.17, 15) is 4.79 Å². The lowest BCUT2D eigenvalue weighted by atomic mass is 10.1. The third-order valence-electron chi connectivity index (χ3n) is 3.30. The average molecular weight is 308 g/mol. The van der Waals surface area contributed by atoms with Crippen molar-refractivity contribution in [2.24, 2.45) is 4.99 Å². The molecule has 0 fully saturated rings. The van der Waals surface area contributed by atoms with Crippen molar-refractivity contribution >= 4 is 24.1 Å². The minimum Gasteiger partial charge on any atom is -0.313 e. The predicted octanol–water partition coefficient (Wildman–Crippen LogP) is 2.83. The fourth-order valence-corrected chi connectivity index (χ4v) is 2.11. The lowest BCUT2D eigenvalue weighted by Gasteiger charge is -2.13. The van der Waals surface area contributed by atoms with Crippen LogP contribution in [0, 0.1) is 6.92 Å². The van der Waals surface area contributed by atoms with Gasteiger partial charge in [0, 0.05) is 37.2 Å². The van der Waals surface area contributed by atoms with Crippen molar-refractivity contribution in [3.05, 3.63) is 47.2 Å². The molecule has 1 aromatic carbocycles. The smallest absolute Gasteiger partial charge is 0.256 e. The summed E-state index contributed by atoms with van der Waals surface area (Å²) in [6, 6.07) is 7.58. The summed E-state index contributed by atoms with van der Waals surface area (Å²) in [5, 5.41) is 6.17. The van der Waals surface area contributed by atoms with Crippen LogP contribution in [0.1, 0.15) is 35.7 Å². The second-order valence-corrected chi connectivity index (χ2v) is 4.83. The molecule has 1 aromatic rings. The van der Waals surface area contributed by atoms with Crippen LogP contribution < -0.4 is 10.6 Å². The normalized spacial score (nSPS) is 15.0. The molecule has 0 bridgehead atoms. The molecule has 0 spiro atoms. The van der Waals surface area contributed by atoms with Gasteiger partial charge in [-0.15, -0.1) is 12.4 Å². The van der Waals surface area contributed by atoms with Crippen LogP contribution in [0.3, 0.4) is 0 Å². The number of halogens is 1. The molecular formula is C16H22ClN3O.